The number of thiocarbonyl (C=S) groups is 1. The van der Waals surface area contributed by atoms with Crippen LogP contribution < -0.4 is 16.0 Å². The molecule has 2 aromatic rings. The molecule has 0 aliphatic carbocycles. The van der Waals surface area contributed by atoms with E-state index in [0.29, 0.717) is 22.8 Å². The Morgan fingerprint density at radius 3 is 2.15 bits per heavy atom. The van der Waals surface area contributed by atoms with E-state index in [2.05, 4.69) is 16.0 Å². The second kappa shape index (κ2) is 9.70. The minimum Gasteiger partial charge on any atom is -0.332 e. The van der Waals surface area contributed by atoms with Crippen LogP contribution in [-0.4, -0.2) is 16.9 Å². The molecule has 134 valence electrons. The first-order chi connectivity index (χ1) is 12.5. The molecule has 0 aliphatic rings. The van der Waals surface area contributed by atoms with Crippen LogP contribution in [0, 0.1) is 0 Å². The molecule has 0 atom stereocenters. The van der Waals surface area contributed by atoms with E-state index >= 15 is 0 Å². The number of carbonyl (C=O) groups is 2. The van der Waals surface area contributed by atoms with Gasteiger partial charge in [0.05, 0.1) is 0 Å². The minimum absolute atomic E-state index is 0.154. The molecule has 0 heterocycles. The summed E-state index contributed by atoms with van der Waals surface area (Å²) in [6, 6.07) is 14.2. The van der Waals surface area contributed by atoms with Crippen molar-refractivity contribution in [2.75, 3.05) is 10.6 Å². The van der Waals surface area contributed by atoms with Gasteiger partial charge in [0.2, 0.25) is 11.8 Å². The van der Waals surface area contributed by atoms with Crippen LogP contribution in [-0.2, 0) is 9.59 Å². The number of halogens is 1. The fourth-order valence-electron chi connectivity index (χ4n) is 1.94. The highest BCUT2D eigenvalue weighted by Crippen LogP contribution is 2.14. The first-order valence-electron chi connectivity index (χ1n) is 7.92. The largest absolute Gasteiger partial charge is 0.332 e. The Morgan fingerprint density at radius 2 is 1.58 bits per heavy atom. The molecular weight excluding hydrogens is 370 g/mol. The Balaban J connectivity index is 1.88. The van der Waals surface area contributed by atoms with Crippen LogP contribution >= 0.6 is 23.8 Å². The van der Waals surface area contributed by atoms with E-state index in [1.165, 1.54) is 6.08 Å². The Hall–Kier alpha value is -2.70. The zero-order valence-electron chi connectivity index (χ0n) is 14.1. The highest BCUT2D eigenvalue weighted by atomic mass is 35.5. The number of rotatable bonds is 5. The Bertz CT molecular complexity index is 818. The fourth-order valence-corrected chi connectivity index (χ4v) is 2.30. The molecule has 2 aromatic carbocycles. The van der Waals surface area contributed by atoms with Crippen LogP contribution in [0.15, 0.2) is 54.6 Å². The van der Waals surface area contributed by atoms with E-state index in [1.807, 2.05) is 12.1 Å². The van der Waals surface area contributed by atoms with Crippen molar-refractivity contribution in [1.82, 2.24) is 5.32 Å². The number of amides is 2. The molecule has 0 spiro atoms. The Labute approximate surface area is 162 Å². The average Bonchev–Trinajstić information content (AvgIpc) is 2.62. The van der Waals surface area contributed by atoms with Crippen LogP contribution in [0.2, 0.25) is 5.02 Å². The zero-order chi connectivity index (χ0) is 18.9. The summed E-state index contributed by atoms with van der Waals surface area (Å²) in [6.45, 7) is 1.75. The van der Waals surface area contributed by atoms with Crippen molar-refractivity contribution < 1.29 is 9.59 Å². The van der Waals surface area contributed by atoms with Gasteiger partial charge in [-0.2, -0.15) is 0 Å². The second-order valence-electron chi connectivity index (χ2n) is 5.31. The highest BCUT2D eigenvalue weighted by Gasteiger charge is 2.03. The number of anilines is 2. The lowest BCUT2D eigenvalue weighted by atomic mass is 10.2. The predicted octanol–water partition coefficient (Wildman–Crippen LogP) is 4.21. The molecule has 0 aliphatic heterocycles. The number of hydrogen-bond donors (Lipinski definition) is 3. The summed E-state index contributed by atoms with van der Waals surface area (Å²) in [7, 11) is 0. The molecule has 0 saturated heterocycles. The summed E-state index contributed by atoms with van der Waals surface area (Å²) < 4.78 is 0. The monoisotopic (exact) mass is 387 g/mol. The van der Waals surface area contributed by atoms with Crippen LogP contribution in [0.25, 0.3) is 6.08 Å². The van der Waals surface area contributed by atoms with Gasteiger partial charge in [0.25, 0.3) is 0 Å². The molecule has 0 unspecified atom stereocenters. The van der Waals surface area contributed by atoms with Gasteiger partial charge in [-0.25, -0.2) is 0 Å². The number of benzene rings is 2. The lowest BCUT2D eigenvalue weighted by Gasteiger charge is -2.09. The fraction of sp³-hybridized carbons (Fsp3) is 0.105. The van der Waals surface area contributed by atoms with Crippen molar-refractivity contribution in [2.45, 2.75) is 13.3 Å². The van der Waals surface area contributed by atoms with Crippen LogP contribution in [0.5, 0.6) is 0 Å². The van der Waals surface area contributed by atoms with Gasteiger partial charge < -0.3 is 16.0 Å². The van der Waals surface area contributed by atoms with E-state index in [9.17, 15) is 9.59 Å². The molecule has 0 saturated carbocycles. The maximum atomic E-state index is 12.0. The van der Waals surface area contributed by atoms with Crippen molar-refractivity contribution in [1.29, 1.82) is 0 Å². The van der Waals surface area contributed by atoms with Crippen molar-refractivity contribution in [2.24, 2.45) is 0 Å². The van der Waals surface area contributed by atoms with Gasteiger partial charge in [0.1, 0.15) is 0 Å². The molecule has 3 N–H and O–H groups in total. The summed E-state index contributed by atoms with van der Waals surface area (Å²) in [4.78, 5) is 23.2. The van der Waals surface area contributed by atoms with Crippen molar-refractivity contribution >= 4 is 58.2 Å². The first kappa shape index (κ1) is 19.6. The van der Waals surface area contributed by atoms with Gasteiger partial charge in [0.15, 0.2) is 5.11 Å². The van der Waals surface area contributed by atoms with Gasteiger partial charge in [-0.05, 0) is 60.3 Å². The zero-order valence-corrected chi connectivity index (χ0v) is 15.7. The molecule has 7 heteroatoms. The number of nitrogens with one attached hydrogen (secondary N) is 3. The van der Waals surface area contributed by atoms with Gasteiger partial charge in [-0.1, -0.05) is 30.7 Å². The normalized spacial score (nSPS) is 10.4. The van der Waals surface area contributed by atoms with Crippen LogP contribution in [0.1, 0.15) is 18.9 Å². The lowest BCUT2D eigenvalue weighted by molar-refractivity contribution is -0.119. The Morgan fingerprint density at radius 1 is 1.00 bits per heavy atom. The van der Waals surface area contributed by atoms with Gasteiger partial charge in [-0.15, -0.1) is 0 Å². The summed E-state index contributed by atoms with van der Waals surface area (Å²) in [6.07, 6.45) is 3.51. The van der Waals surface area contributed by atoms with Crippen LogP contribution in [0.4, 0.5) is 11.4 Å². The highest BCUT2D eigenvalue weighted by molar-refractivity contribution is 7.80. The van der Waals surface area contributed by atoms with E-state index in [4.69, 9.17) is 23.8 Å². The van der Waals surface area contributed by atoms with Crippen molar-refractivity contribution in [3.63, 3.8) is 0 Å². The number of hydrogen-bond acceptors (Lipinski definition) is 3. The van der Waals surface area contributed by atoms with Gasteiger partial charge >= 0.3 is 0 Å². The quantitative estimate of drug-likeness (QED) is 0.530. The summed E-state index contributed by atoms with van der Waals surface area (Å²) >= 11 is 10.9. The average molecular weight is 388 g/mol. The molecule has 0 bridgehead atoms. The van der Waals surface area contributed by atoms with Gasteiger partial charge in [-0.3, -0.25) is 9.59 Å². The maximum Gasteiger partial charge on any atom is 0.248 e. The minimum atomic E-state index is -0.244. The van der Waals surface area contributed by atoms with Crippen molar-refractivity contribution in [3.8, 4) is 0 Å². The smallest absolute Gasteiger partial charge is 0.248 e. The number of carbonyl (C=O) groups excluding carboxylic acids is 2. The topological polar surface area (TPSA) is 70.2 Å². The third kappa shape index (κ3) is 6.66. The molecule has 0 aromatic heterocycles. The van der Waals surface area contributed by atoms with E-state index in [-0.39, 0.29) is 16.9 Å². The molecule has 2 rings (SSSR count). The third-order valence-corrected chi connectivity index (χ3v) is 3.74. The second-order valence-corrected chi connectivity index (χ2v) is 6.15. The van der Waals surface area contributed by atoms with E-state index in [0.717, 1.165) is 5.56 Å². The summed E-state index contributed by atoms with van der Waals surface area (Å²) in [5.41, 5.74) is 2.23. The molecule has 2 amide bonds. The Kier molecular flexibility index (Phi) is 7.32. The summed E-state index contributed by atoms with van der Waals surface area (Å²) in [5.74, 6) is -0.398. The van der Waals surface area contributed by atoms with Crippen molar-refractivity contribution in [3.05, 3.63) is 65.2 Å². The molecule has 5 nitrogen and oxygen atoms in total. The molecular formula is C19H18ClN3O2S. The standard InChI is InChI=1S/C19H18ClN3O2S/c1-2-17(24)23-19(26)22-16-10-8-15(9-11-16)21-18(25)12-5-13-3-6-14(20)7-4-13/h3-12H,2H2,1H3,(H,21,25)(H2,22,23,24,26)/b12-5+. The lowest BCUT2D eigenvalue weighted by Crippen LogP contribution is -2.33. The van der Waals surface area contributed by atoms with E-state index in [1.54, 1.807) is 49.4 Å². The maximum absolute atomic E-state index is 12.0. The SMILES string of the molecule is CCC(=O)NC(=S)Nc1ccc(NC(=O)/C=C/c2ccc(Cl)cc2)cc1. The predicted molar refractivity (Wildman–Crippen MR) is 110 cm³/mol. The summed E-state index contributed by atoms with van der Waals surface area (Å²) in [5, 5.41) is 9.10. The molecule has 0 fully saturated rings. The third-order valence-electron chi connectivity index (χ3n) is 3.28. The molecule has 26 heavy (non-hydrogen) atoms. The first-order valence-corrected chi connectivity index (χ1v) is 8.70. The molecule has 0 radical (unpaired) electrons. The van der Waals surface area contributed by atoms with Gasteiger partial charge in [0, 0.05) is 28.9 Å². The van der Waals surface area contributed by atoms with E-state index < -0.39 is 0 Å². The van der Waals surface area contributed by atoms with Crippen LogP contribution in [0.3, 0.4) is 0 Å².